The summed E-state index contributed by atoms with van der Waals surface area (Å²) in [6.07, 6.45) is 12.2. The summed E-state index contributed by atoms with van der Waals surface area (Å²) < 4.78 is 13.5. The minimum Gasteiger partial charge on any atom is -0.790 e. The highest BCUT2D eigenvalue weighted by Gasteiger charge is 2.28. The molecule has 0 aliphatic rings. The van der Waals surface area contributed by atoms with Gasteiger partial charge in [-0.05, 0) is 61.8 Å². The molecule has 0 unspecified atom stereocenters. The van der Waals surface area contributed by atoms with Crippen molar-refractivity contribution >= 4 is 22.3 Å². The molecule has 0 saturated carbocycles. The second kappa shape index (κ2) is 18.0. The van der Waals surface area contributed by atoms with Crippen molar-refractivity contribution in [2.75, 3.05) is 55.9 Å². The molecule has 0 rings (SSSR count). The van der Waals surface area contributed by atoms with Crippen LogP contribution in [0.25, 0.3) is 0 Å². The Morgan fingerprint density at radius 3 is 0.885 bits per heavy atom. The average molecular weight is 433 g/mol. The van der Waals surface area contributed by atoms with E-state index in [2.05, 4.69) is 59.9 Å². The number of phosphoric acid groups is 1. The highest BCUT2D eigenvalue weighted by Crippen LogP contribution is 2.57. The lowest BCUT2D eigenvalue weighted by molar-refractivity contribution is -0.341. The zero-order valence-corrected chi connectivity index (χ0v) is 21.7. The van der Waals surface area contributed by atoms with Gasteiger partial charge in [-0.2, -0.15) is 0 Å². The molecule has 0 spiro atoms. The second-order valence-electron chi connectivity index (χ2n) is 6.49. The van der Waals surface area contributed by atoms with Crippen LogP contribution in [0.2, 0.25) is 0 Å². The van der Waals surface area contributed by atoms with Gasteiger partial charge in [-0.1, -0.05) is 6.92 Å². The first kappa shape index (κ1) is 31.7. The van der Waals surface area contributed by atoms with Gasteiger partial charge in [0, 0.05) is 14.5 Å². The maximum absolute atomic E-state index is 9.64. The molecule has 0 radical (unpaired) electrons. The Morgan fingerprint density at radius 2 is 0.846 bits per heavy atom. The fraction of sp³-hybridized carbons (Fsp3) is 1.00. The predicted molar refractivity (Wildman–Crippen MR) is 122 cm³/mol. The SMILES string of the molecule is CCCOP(=O)([O-])[O-].CC[P+](CC)(CC)CC.CC[P+](CC)(CC)CC. The van der Waals surface area contributed by atoms with E-state index in [4.69, 9.17) is 0 Å². The minimum absolute atomic E-state index is 0.00965. The quantitative estimate of drug-likeness (QED) is 0.409. The molecule has 0 saturated heterocycles. The lowest BCUT2D eigenvalue weighted by Crippen LogP contribution is -2.16. The topological polar surface area (TPSA) is 72.4 Å². The molecule has 7 heteroatoms. The highest BCUT2D eigenvalue weighted by molar-refractivity contribution is 7.76. The molecule has 0 bridgehead atoms. The molecule has 162 valence electrons. The number of hydrogen-bond donors (Lipinski definition) is 0. The van der Waals surface area contributed by atoms with E-state index in [1.54, 1.807) is 6.92 Å². The van der Waals surface area contributed by atoms with E-state index < -0.39 is 22.3 Å². The van der Waals surface area contributed by atoms with E-state index >= 15 is 0 Å². The number of rotatable bonds is 11. The van der Waals surface area contributed by atoms with Gasteiger partial charge in [0.2, 0.25) is 0 Å². The Kier molecular flexibility index (Phi) is 22.0. The second-order valence-corrected chi connectivity index (χ2v) is 18.1. The van der Waals surface area contributed by atoms with Gasteiger partial charge in [0.1, 0.15) is 0 Å². The third kappa shape index (κ3) is 16.0. The monoisotopic (exact) mass is 432 g/mol. The molecule has 0 aromatic rings. The highest BCUT2D eigenvalue weighted by atomic mass is 31.2. The first-order chi connectivity index (χ1) is 12.0. The van der Waals surface area contributed by atoms with Gasteiger partial charge in [0.25, 0.3) is 0 Å². The van der Waals surface area contributed by atoms with Gasteiger partial charge < -0.3 is 18.9 Å². The van der Waals surface area contributed by atoms with Crippen molar-refractivity contribution in [1.29, 1.82) is 0 Å². The molecule has 4 nitrogen and oxygen atoms in total. The van der Waals surface area contributed by atoms with E-state index in [0.29, 0.717) is 6.42 Å². The van der Waals surface area contributed by atoms with E-state index in [1.165, 1.54) is 49.3 Å². The molecule has 0 aromatic heterocycles. The third-order valence-electron chi connectivity index (χ3n) is 5.82. The lowest BCUT2D eigenvalue weighted by Gasteiger charge is -2.28. The summed E-state index contributed by atoms with van der Waals surface area (Å²) in [5.74, 6) is 0. The maximum Gasteiger partial charge on any atom is 0.0596 e. The summed E-state index contributed by atoms with van der Waals surface area (Å²) in [5.41, 5.74) is 0. The number of hydrogen-bond acceptors (Lipinski definition) is 4. The molecule has 0 amide bonds. The molecule has 0 aliphatic carbocycles. The molecule has 0 aliphatic heterocycles. The van der Waals surface area contributed by atoms with Crippen LogP contribution in [0.3, 0.4) is 0 Å². The standard InChI is InChI=1S/2C8H20P.C3H9O4P/c2*1-5-9(6-2,7-3)8-4;1-2-3-7-8(4,5)6/h2*5-8H2,1-4H3;2-3H2,1H3,(H2,4,5,6)/q2*+1;/p-2. The Balaban J connectivity index is -0.000000306. The molecular weight excluding hydrogens is 385 g/mol. The first-order valence-electron chi connectivity index (χ1n) is 10.4. The van der Waals surface area contributed by atoms with Gasteiger partial charge in [-0.3, -0.25) is 0 Å². The van der Waals surface area contributed by atoms with Crippen molar-refractivity contribution in [2.24, 2.45) is 0 Å². The van der Waals surface area contributed by atoms with Crippen LogP contribution in [0.4, 0.5) is 0 Å². The first-order valence-corrected chi connectivity index (χ1v) is 16.9. The molecule has 0 fully saturated rings. The zero-order chi connectivity index (χ0) is 21.3. The van der Waals surface area contributed by atoms with Crippen LogP contribution in [-0.2, 0) is 9.09 Å². The van der Waals surface area contributed by atoms with Crippen LogP contribution < -0.4 is 9.79 Å². The minimum atomic E-state index is -4.68. The number of phosphoric ester groups is 1. The third-order valence-corrected chi connectivity index (χ3v) is 17.1. The Hall–Kier alpha value is 0.970. The van der Waals surface area contributed by atoms with Gasteiger partial charge >= 0.3 is 0 Å². The molecule has 0 heterocycles. The van der Waals surface area contributed by atoms with Gasteiger partial charge in [0.15, 0.2) is 0 Å². The van der Waals surface area contributed by atoms with Gasteiger partial charge in [-0.15, -0.1) is 0 Å². The lowest BCUT2D eigenvalue weighted by atomic mass is 10.5. The van der Waals surface area contributed by atoms with Crippen molar-refractivity contribution in [3.8, 4) is 0 Å². The maximum atomic E-state index is 9.64. The Bertz CT molecular complexity index is 283. The smallest absolute Gasteiger partial charge is 0.0596 e. The van der Waals surface area contributed by atoms with Crippen LogP contribution in [-0.4, -0.2) is 55.9 Å². The van der Waals surface area contributed by atoms with E-state index in [-0.39, 0.29) is 6.61 Å². The van der Waals surface area contributed by atoms with Crippen molar-refractivity contribution in [1.82, 2.24) is 0 Å². The van der Waals surface area contributed by atoms with Crippen molar-refractivity contribution in [3.63, 3.8) is 0 Å². The summed E-state index contributed by atoms with van der Waals surface area (Å²) in [5, 5.41) is 0. The van der Waals surface area contributed by atoms with Crippen LogP contribution >= 0.6 is 22.3 Å². The van der Waals surface area contributed by atoms with Crippen LogP contribution in [0.15, 0.2) is 0 Å². The summed E-state index contributed by atoms with van der Waals surface area (Å²) in [6.45, 7) is 20.5. The van der Waals surface area contributed by atoms with Gasteiger partial charge in [-0.25, -0.2) is 0 Å². The molecular formula is C19H47O4P3. The summed E-state index contributed by atoms with van der Waals surface area (Å²) in [7, 11) is -5.52. The zero-order valence-electron chi connectivity index (χ0n) is 19.0. The fourth-order valence-electron chi connectivity index (χ4n) is 2.89. The van der Waals surface area contributed by atoms with E-state index in [9.17, 15) is 14.4 Å². The summed E-state index contributed by atoms with van der Waals surface area (Å²) in [4.78, 5) is 19.3. The van der Waals surface area contributed by atoms with Crippen molar-refractivity contribution < 1.29 is 18.9 Å². The van der Waals surface area contributed by atoms with Crippen LogP contribution in [0.1, 0.15) is 68.7 Å². The van der Waals surface area contributed by atoms with Crippen molar-refractivity contribution in [2.45, 2.75) is 68.7 Å². The molecule has 0 N–H and O–H groups in total. The molecule has 26 heavy (non-hydrogen) atoms. The summed E-state index contributed by atoms with van der Waals surface area (Å²) >= 11 is 0. The average Bonchev–Trinajstić information content (AvgIpc) is 2.65. The van der Waals surface area contributed by atoms with E-state index in [1.807, 2.05) is 0 Å². The Labute approximate surface area is 166 Å². The van der Waals surface area contributed by atoms with Crippen molar-refractivity contribution in [3.05, 3.63) is 0 Å². The Morgan fingerprint density at radius 1 is 0.615 bits per heavy atom. The van der Waals surface area contributed by atoms with Gasteiger partial charge in [0.05, 0.1) is 63.7 Å². The van der Waals surface area contributed by atoms with Crippen LogP contribution in [0, 0.1) is 0 Å². The van der Waals surface area contributed by atoms with E-state index in [0.717, 1.165) is 0 Å². The molecule has 0 aromatic carbocycles. The van der Waals surface area contributed by atoms with Crippen LogP contribution in [0.5, 0.6) is 0 Å². The fourth-order valence-corrected chi connectivity index (χ4v) is 8.66. The largest absolute Gasteiger partial charge is 0.790 e. The molecule has 0 atom stereocenters. The predicted octanol–water partition coefficient (Wildman–Crippen LogP) is 5.41. The summed E-state index contributed by atoms with van der Waals surface area (Å²) in [6, 6.07) is 0. The normalized spacial score (nSPS) is 12.0.